The van der Waals surface area contributed by atoms with Crippen LogP contribution in [0.1, 0.15) is 57.7 Å². The molecule has 4 nitrogen and oxygen atoms in total. The lowest BCUT2D eigenvalue weighted by molar-refractivity contribution is 0.130. The second-order valence-electron chi connectivity index (χ2n) is 8.17. The molecule has 2 unspecified atom stereocenters. The van der Waals surface area contributed by atoms with E-state index in [1.165, 1.54) is 36.6 Å². The van der Waals surface area contributed by atoms with Gasteiger partial charge in [-0.1, -0.05) is 33.6 Å². The van der Waals surface area contributed by atoms with Crippen LogP contribution < -0.4 is 5.32 Å². The molecule has 1 aliphatic rings. The van der Waals surface area contributed by atoms with Crippen molar-refractivity contribution in [2.45, 2.75) is 66.0 Å². The van der Waals surface area contributed by atoms with E-state index in [4.69, 9.17) is 0 Å². The van der Waals surface area contributed by atoms with Crippen molar-refractivity contribution in [3.05, 3.63) is 23.5 Å². The molecule has 0 aromatic carbocycles. The van der Waals surface area contributed by atoms with E-state index in [9.17, 15) is 0 Å². The number of pyridine rings is 1. The van der Waals surface area contributed by atoms with Crippen LogP contribution in [-0.2, 0) is 13.6 Å². The van der Waals surface area contributed by atoms with Crippen molar-refractivity contribution in [2.24, 2.45) is 18.4 Å². The van der Waals surface area contributed by atoms with Gasteiger partial charge in [0.1, 0.15) is 0 Å². The van der Waals surface area contributed by atoms with Gasteiger partial charge in [0.25, 0.3) is 0 Å². The Balaban J connectivity index is 1.73. The summed E-state index contributed by atoms with van der Waals surface area (Å²) in [5.41, 5.74) is 3.66. The fourth-order valence-corrected chi connectivity index (χ4v) is 4.11. The Morgan fingerprint density at radius 3 is 2.74 bits per heavy atom. The zero-order valence-electron chi connectivity index (χ0n) is 15.2. The van der Waals surface area contributed by atoms with Crippen molar-refractivity contribution >= 4 is 11.0 Å². The normalized spacial score (nSPS) is 22.7. The molecule has 126 valence electrons. The number of hydrogen-bond donors (Lipinski definition) is 1. The van der Waals surface area contributed by atoms with Crippen LogP contribution in [0.15, 0.2) is 12.3 Å². The first-order valence-corrected chi connectivity index (χ1v) is 8.88. The van der Waals surface area contributed by atoms with Gasteiger partial charge in [0.15, 0.2) is 5.65 Å². The molecule has 1 saturated carbocycles. The van der Waals surface area contributed by atoms with Crippen LogP contribution in [-0.4, -0.2) is 20.8 Å². The SMILES string of the molecule is Cc1nn(C)c2ncc(CNC3CCCCC3C(C)(C)C)cc12. The van der Waals surface area contributed by atoms with Gasteiger partial charge in [-0.3, -0.25) is 4.68 Å². The van der Waals surface area contributed by atoms with Crippen molar-refractivity contribution < 1.29 is 0 Å². The lowest BCUT2D eigenvalue weighted by Gasteiger charge is -2.41. The molecule has 3 rings (SSSR count). The summed E-state index contributed by atoms with van der Waals surface area (Å²) >= 11 is 0. The zero-order chi connectivity index (χ0) is 16.6. The second-order valence-corrected chi connectivity index (χ2v) is 8.17. The molecule has 1 N–H and O–H groups in total. The monoisotopic (exact) mass is 314 g/mol. The van der Waals surface area contributed by atoms with E-state index in [2.05, 4.69) is 49.2 Å². The van der Waals surface area contributed by atoms with E-state index in [1.54, 1.807) is 0 Å². The molecular formula is C19H30N4. The molecule has 2 aromatic rings. The minimum Gasteiger partial charge on any atom is -0.310 e. The van der Waals surface area contributed by atoms with Crippen LogP contribution in [0, 0.1) is 18.3 Å². The maximum absolute atomic E-state index is 4.59. The van der Waals surface area contributed by atoms with E-state index in [1.807, 2.05) is 17.9 Å². The maximum Gasteiger partial charge on any atom is 0.157 e. The molecule has 23 heavy (non-hydrogen) atoms. The van der Waals surface area contributed by atoms with Crippen LogP contribution >= 0.6 is 0 Å². The third-order valence-electron chi connectivity index (χ3n) is 5.37. The van der Waals surface area contributed by atoms with Gasteiger partial charge in [-0.25, -0.2) is 4.98 Å². The molecule has 1 fully saturated rings. The molecule has 1 aliphatic carbocycles. The van der Waals surface area contributed by atoms with Crippen LogP contribution in [0.25, 0.3) is 11.0 Å². The zero-order valence-corrected chi connectivity index (χ0v) is 15.2. The van der Waals surface area contributed by atoms with Gasteiger partial charge < -0.3 is 5.32 Å². The first kappa shape index (κ1) is 16.4. The molecule has 2 atom stereocenters. The van der Waals surface area contributed by atoms with E-state index in [0.717, 1.165) is 23.8 Å². The van der Waals surface area contributed by atoms with Gasteiger partial charge in [-0.05, 0) is 42.7 Å². The molecule has 2 heterocycles. The number of nitrogens with one attached hydrogen (secondary N) is 1. The molecular weight excluding hydrogens is 284 g/mol. The summed E-state index contributed by atoms with van der Waals surface area (Å²) in [6.07, 6.45) is 7.36. The highest BCUT2D eigenvalue weighted by molar-refractivity contribution is 5.78. The summed E-state index contributed by atoms with van der Waals surface area (Å²) in [5, 5.41) is 9.45. The molecule has 0 radical (unpaired) electrons. The van der Waals surface area contributed by atoms with Crippen LogP contribution in [0.3, 0.4) is 0 Å². The fourth-order valence-electron chi connectivity index (χ4n) is 4.11. The second kappa shape index (κ2) is 6.23. The van der Waals surface area contributed by atoms with Crippen molar-refractivity contribution in [3.63, 3.8) is 0 Å². The Morgan fingerprint density at radius 2 is 2.00 bits per heavy atom. The molecule has 2 aromatic heterocycles. The third-order valence-corrected chi connectivity index (χ3v) is 5.37. The molecule has 0 saturated heterocycles. The number of aryl methyl sites for hydroxylation is 2. The number of hydrogen-bond acceptors (Lipinski definition) is 3. The number of rotatable bonds is 3. The standard InChI is InChI=1S/C19H30N4/c1-13-15-10-14(12-21-18(15)23(5)22-13)11-20-17-9-7-6-8-16(17)19(2,3)4/h10,12,16-17,20H,6-9,11H2,1-5H3. The van der Waals surface area contributed by atoms with E-state index in [0.29, 0.717) is 11.5 Å². The van der Waals surface area contributed by atoms with Crippen LogP contribution in [0.2, 0.25) is 0 Å². The quantitative estimate of drug-likeness (QED) is 0.932. The summed E-state index contributed by atoms with van der Waals surface area (Å²) in [7, 11) is 1.95. The van der Waals surface area contributed by atoms with Gasteiger partial charge >= 0.3 is 0 Å². The lowest BCUT2D eigenvalue weighted by atomic mass is 9.69. The third kappa shape index (κ3) is 3.42. The van der Waals surface area contributed by atoms with Crippen molar-refractivity contribution in [2.75, 3.05) is 0 Å². The van der Waals surface area contributed by atoms with Crippen LogP contribution in [0.5, 0.6) is 0 Å². The molecule has 0 bridgehead atoms. The maximum atomic E-state index is 4.59. The summed E-state index contributed by atoms with van der Waals surface area (Å²) in [4.78, 5) is 4.59. The summed E-state index contributed by atoms with van der Waals surface area (Å²) in [5.74, 6) is 0.757. The van der Waals surface area contributed by atoms with Gasteiger partial charge in [0.2, 0.25) is 0 Å². The topological polar surface area (TPSA) is 42.7 Å². The van der Waals surface area contributed by atoms with Crippen LogP contribution in [0.4, 0.5) is 0 Å². The van der Waals surface area contributed by atoms with Crippen molar-refractivity contribution in [3.8, 4) is 0 Å². The predicted octanol–water partition coefficient (Wildman–Crippen LogP) is 3.97. The number of aromatic nitrogens is 3. The minimum atomic E-state index is 0.375. The average Bonchev–Trinajstić information content (AvgIpc) is 2.79. The Kier molecular flexibility index (Phi) is 4.45. The highest BCUT2D eigenvalue weighted by Crippen LogP contribution is 2.38. The fraction of sp³-hybridized carbons (Fsp3) is 0.684. The first-order chi connectivity index (χ1) is 10.9. The van der Waals surface area contributed by atoms with Crippen molar-refractivity contribution in [1.29, 1.82) is 0 Å². The molecule has 4 heteroatoms. The Morgan fingerprint density at radius 1 is 1.26 bits per heavy atom. The Bertz CT molecular complexity index is 680. The van der Waals surface area contributed by atoms with Crippen molar-refractivity contribution in [1.82, 2.24) is 20.1 Å². The summed E-state index contributed by atoms with van der Waals surface area (Å²) in [6, 6.07) is 2.86. The van der Waals surface area contributed by atoms with Gasteiger partial charge in [-0.2, -0.15) is 5.10 Å². The molecule has 0 amide bonds. The Hall–Kier alpha value is -1.42. The van der Waals surface area contributed by atoms with E-state index >= 15 is 0 Å². The number of nitrogens with zero attached hydrogens (tertiary/aromatic N) is 3. The highest BCUT2D eigenvalue weighted by atomic mass is 15.3. The molecule has 0 aliphatic heterocycles. The van der Waals surface area contributed by atoms with Gasteiger partial charge in [-0.15, -0.1) is 0 Å². The smallest absolute Gasteiger partial charge is 0.157 e. The van der Waals surface area contributed by atoms with E-state index < -0.39 is 0 Å². The molecule has 0 spiro atoms. The highest BCUT2D eigenvalue weighted by Gasteiger charge is 2.33. The summed E-state index contributed by atoms with van der Waals surface area (Å²) in [6.45, 7) is 10.1. The van der Waals surface area contributed by atoms with Gasteiger partial charge in [0, 0.05) is 31.2 Å². The lowest BCUT2D eigenvalue weighted by Crippen LogP contribution is -2.43. The first-order valence-electron chi connectivity index (χ1n) is 8.88. The largest absolute Gasteiger partial charge is 0.310 e. The minimum absolute atomic E-state index is 0.375. The van der Waals surface area contributed by atoms with E-state index in [-0.39, 0.29) is 0 Å². The predicted molar refractivity (Wildman–Crippen MR) is 95.3 cm³/mol. The Labute approximate surface area is 139 Å². The van der Waals surface area contributed by atoms with Gasteiger partial charge in [0.05, 0.1) is 5.69 Å². The summed E-state index contributed by atoms with van der Waals surface area (Å²) < 4.78 is 1.86. The number of fused-ring (bicyclic) bond motifs is 1. The average molecular weight is 314 g/mol.